The number of halogens is 2. The topological polar surface area (TPSA) is 84.5 Å². The molecular weight excluding hydrogens is 343 g/mol. The zero-order valence-corrected chi connectivity index (χ0v) is 13.7. The first kappa shape index (κ1) is 17.6. The van der Waals surface area contributed by atoms with Crippen LogP contribution in [-0.2, 0) is 14.3 Å². The average Bonchev–Trinajstić information content (AvgIpc) is 2.72. The van der Waals surface area contributed by atoms with Crippen molar-refractivity contribution in [3.05, 3.63) is 33.8 Å². The highest BCUT2D eigenvalue weighted by atomic mass is 35.5. The van der Waals surface area contributed by atoms with Crippen molar-refractivity contribution in [2.24, 2.45) is 0 Å². The molecule has 1 aliphatic heterocycles. The van der Waals surface area contributed by atoms with E-state index in [0.717, 1.165) is 12.8 Å². The third kappa shape index (κ3) is 5.11. The van der Waals surface area contributed by atoms with Crippen LogP contribution in [0.1, 0.15) is 29.6 Å². The Morgan fingerprint density at radius 2 is 2.09 bits per heavy atom. The molecule has 0 saturated carbocycles. The summed E-state index contributed by atoms with van der Waals surface area (Å²) in [5.74, 6) is -1.52. The molecule has 0 spiro atoms. The number of hydrogen-bond donors (Lipinski definition) is 2. The van der Waals surface area contributed by atoms with Gasteiger partial charge in [-0.3, -0.25) is 9.59 Å². The molecule has 1 atom stereocenters. The summed E-state index contributed by atoms with van der Waals surface area (Å²) in [5.41, 5.74) is 0.0826. The second-order valence-electron chi connectivity index (χ2n) is 5.11. The third-order valence-electron chi connectivity index (χ3n) is 3.35. The lowest BCUT2D eigenvalue weighted by Gasteiger charge is -2.15. The molecule has 2 amide bonds. The average molecular weight is 359 g/mol. The highest BCUT2D eigenvalue weighted by Gasteiger charge is 2.23. The van der Waals surface area contributed by atoms with Crippen molar-refractivity contribution in [1.82, 2.24) is 10.6 Å². The van der Waals surface area contributed by atoms with Gasteiger partial charge in [0.25, 0.3) is 5.91 Å². The predicted octanol–water partition coefficient (Wildman–Crippen LogP) is 1.94. The van der Waals surface area contributed by atoms with Crippen LogP contribution in [0.25, 0.3) is 0 Å². The summed E-state index contributed by atoms with van der Waals surface area (Å²) in [6, 6.07) is 3.77. The first-order valence-electron chi connectivity index (χ1n) is 7.16. The fourth-order valence-corrected chi connectivity index (χ4v) is 2.54. The van der Waals surface area contributed by atoms with E-state index in [0.29, 0.717) is 18.0 Å². The van der Waals surface area contributed by atoms with Gasteiger partial charge in [-0.15, -0.1) is 0 Å². The minimum absolute atomic E-state index is 0.0826. The van der Waals surface area contributed by atoms with E-state index in [2.05, 4.69) is 10.6 Å². The van der Waals surface area contributed by atoms with E-state index in [1.807, 2.05) is 0 Å². The maximum Gasteiger partial charge on any atom is 0.340 e. The summed E-state index contributed by atoms with van der Waals surface area (Å²) in [7, 11) is 0. The minimum Gasteiger partial charge on any atom is -0.452 e. The number of carbonyl (C=O) groups excluding carboxylic acids is 3. The summed E-state index contributed by atoms with van der Waals surface area (Å²) in [4.78, 5) is 35.5. The van der Waals surface area contributed by atoms with E-state index in [-0.39, 0.29) is 16.5 Å². The Morgan fingerprint density at radius 3 is 2.87 bits per heavy atom. The molecule has 0 unspecified atom stereocenters. The van der Waals surface area contributed by atoms with Gasteiger partial charge in [0, 0.05) is 11.6 Å². The summed E-state index contributed by atoms with van der Waals surface area (Å²) < 4.78 is 4.91. The van der Waals surface area contributed by atoms with E-state index in [1.54, 1.807) is 0 Å². The Bertz CT molecular complexity index is 621. The Balaban J connectivity index is 1.87. The van der Waals surface area contributed by atoms with E-state index in [9.17, 15) is 14.4 Å². The van der Waals surface area contributed by atoms with Crippen LogP contribution >= 0.6 is 23.2 Å². The molecule has 1 aromatic rings. The maximum absolute atomic E-state index is 11.9. The number of ether oxygens (including phenoxy) is 1. The van der Waals surface area contributed by atoms with E-state index >= 15 is 0 Å². The molecule has 0 aliphatic carbocycles. The molecule has 6 nitrogen and oxygen atoms in total. The summed E-state index contributed by atoms with van der Waals surface area (Å²) in [5, 5.41) is 5.78. The van der Waals surface area contributed by atoms with Crippen molar-refractivity contribution in [2.75, 3.05) is 13.2 Å². The fourth-order valence-electron chi connectivity index (χ4n) is 2.18. The summed E-state index contributed by atoms with van der Waals surface area (Å²) in [6.07, 6.45) is 2.27. The van der Waals surface area contributed by atoms with Crippen molar-refractivity contribution in [3.8, 4) is 0 Å². The fraction of sp³-hybridized carbons (Fsp3) is 0.400. The van der Waals surface area contributed by atoms with Gasteiger partial charge in [0.15, 0.2) is 6.61 Å². The number of carbonyl (C=O) groups is 3. The first-order valence-corrected chi connectivity index (χ1v) is 7.92. The molecule has 1 saturated heterocycles. The standard InChI is InChI=1S/C15H16Cl2N2O4/c16-9-4-5-11(17)10(7-9)15(22)23-8-13(20)19-12-3-1-2-6-18-14(12)21/h4-5,7,12H,1-3,6,8H2,(H,18,21)(H,19,20)/t12-/m0/s1. The molecule has 0 bridgehead atoms. The predicted molar refractivity (Wildman–Crippen MR) is 85.5 cm³/mol. The zero-order chi connectivity index (χ0) is 16.8. The van der Waals surface area contributed by atoms with Crippen molar-refractivity contribution in [2.45, 2.75) is 25.3 Å². The van der Waals surface area contributed by atoms with Crippen molar-refractivity contribution in [3.63, 3.8) is 0 Å². The van der Waals surface area contributed by atoms with Gasteiger partial charge < -0.3 is 15.4 Å². The molecule has 1 aromatic carbocycles. The van der Waals surface area contributed by atoms with Gasteiger partial charge in [0.2, 0.25) is 5.91 Å². The van der Waals surface area contributed by atoms with Crippen molar-refractivity contribution < 1.29 is 19.1 Å². The maximum atomic E-state index is 11.9. The first-order chi connectivity index (χ1) is 11.0. The van der Waals surface area contributed by atoms with Crippen molar-refractivity contribution in [1.29, 1.82) is 0 Å². The second kappa shape index (κ2) is 8.17. The van der Waals surface area contributed by atoms with Crippen molar-refractivity contribution >= 4 is 41.0 Å². The zero-order valence-electron chi connectivity index (χ0n) is 12.2. The van der Waals surface area contributed by atoms with Gasteiger partial charge in [0.05, 0.1) is 10.6 Å². The van der Waals surface area contributed by atoms with Crippen LogP contribution in [0.15, 0.2) is 18.2 Å². The van der Waals surface area contributed by atoms with E-state index < -0.39 is 24.5 Å². The van der Waals surface area contributed by atoms with Gasteiger partial charge in [-0.1, -0.05) is 23.2 Å². The second-order valence-corrected chi connectivity index (χ2v) is 5.95. The summed E-state index contributed by atoms with van der Waals surface area (Å²) >= 11 is 11.7. The number of amides is 2. The molecule has 1 fully saturated rings. The lowest BCUT2D eigenvalue weighted by Crippen LogP contribution is -2.46. The number of benzene rings is 1. The number of esters is 1. The Labute approximate surface area is 143 Å². The number of hydrogen-bond acceptors (Lipinski definition) is 4. The molecule has 23 heavy (non-hydrogen) atoms. The molecule has 2 N–H and O–H groups in total. The molecule has 0 radical (unpaired) electrons. The van der Waals surface area contributed by atoms with Gasteiger partial charge in [0.1, 0.15) is 6.04 Å². The quantitative estimate of drug-likeness (QED) is 0.805. The van der Waals surface area contributed by atoms with Gasteiger partial charge >= 0.3 is 5.97 Å². The molecule has 1 aliphatic rings. The molecule has 8 heteroatoms. The molecule has 1 heterocycles. The highest BCUT2D eigenvalue weighted by Crippen LogP contribution is 2.21. The summed E-state index contributed by atoms with van der Waals surface area (Å²) in [6.45, 7) is 0.110. The lowest BCUT2D eigenvalue weighted by atomic mass is 10.1. The Kier molecular flexibility index (Phi) is 6.24. The third-order valence-corrected chi connectivity index (χ3v) is 3.92. The minimum atomic E-state index is -0.752. The normalized spacial score (nSPS) is 17.8. The van der Waals surface area contributed by atoms with Gasteiger partial charge in [-0.2, -0.15) is 0 Å². The van der Waals surface area contributed by atoms with Crippen LogP contribution in [0.3, 0.4) is 0 Å². The highest BCUT2D eigenvalue weighted by molar-refractivity contribution is 6.35. The Morgan fingerprint density at radius 1 is 1.30 bits per heavy atom. The van der Waals surface area contributed by atoms with E-state index in [4.69, 9.17) is 27.9 Å². The molecule has 124 valence electrons. The largest absolute Gasteiger partial charge is 0.452 e. The SMILES string of the molecule is O=C(COC(=O)c1cc(Cl)ccc1Cl)N[C@H]1CCCCNC1=O. The van der Waals surface area contributed by atoms with E-state index in [1.165, 1.54) is 18.2 Å². The van der Waals surface area contributed by atoms with Crippen LogP contribution in [-0.4, -0.2) is 37.0 Å². The van der Waals surface area contributed by atoms with Gasteiger partial charge in [-0.05, 0) is 37.5 Å². The smallest absolute Gasteiger partial charge is 0.340 e. The van der Waals surface area contributed by atoms with Crippen LogP contribution in [0, 0.1) is 0 Å². The number of nitrogens with one attached hydrogen (secondary N) is 2. The Hall–Kier alpha value is -1.79. The molecule has 0 aromatic heterocycles. The molecule has 2 rings (SSSR count). The van der Waals surface area contributed by atoms with Crippen LogP contribution in [0.2, 0.25) is 10.0 Å². The van der Waals surface area contributed by atoms with Gasteiger partial charge in [-0.25, -0.2) is 4.79 Å². The monoisotopic (exact) mass is 358 g/mol. The number of rotatable bonds is 4. The van der Waals surface area contributed by atoms with Crippen LogP contribution in [0.5, 0.6) is 0 Å². The molecular formula is C15H16Cl2N2O4. The lowest BCUT2D eigenvalue weighted by molar-refractivity contribution is -0.130. The van der Waals surface area contributed by atoms with Crippen LogP contribution in [0.4, 0.5) is 0 Å². The van der Waals surface area contributed by atoms with Crippen LogP contribution < -0.4 is 10.6 Å².